The third-order valence-corrected chi connectivity index (χ3v) is 4.42. The van der Waals surface area contributed by atoms with Gasteiger partial charge in [0.15, 0.2) is 5.69 Å². The number of anilines is 1. The second kappa shape index (κ2) is 7.16. The van der Waals surface area contributed by atoms with Gasteiger partial charge in [-0.15, -0.1) is 5.10 Å². The van der Waals surface area contributed by atoms with Crippen LogP contribution in [0.4, 0.5) is 10.1 Å². The van der Waals surface area contributed by atoms with E-state index in [1.165, 1.54) is 12.1 Å². The van der Waals surface area contributed by atoms with Crippen LogP contribution in [0, 0.1) is 5.82 Å². The summed E-state index contributed by atoms with van der Waals surface area (Å²) in [4.78, 5) is 12.5. The van der Waals surface area contributed by atoms with Gasteiger partial charge in [-0.1, -0.05) is 29.5 Å². The molecule has 1 aromatic heterocycles. The molecule has 1 amide bonds. The summed E-state index contributed by atoms with van der Waals surface area (Å²) >= 11 is 0. The van der Waals surface area contributed by atoms with Crippen molar-refractivity contribution in [3.63, 3.8) is 0 Å². The molecule has 0 spiro atoms. The summed E-state index contributed by atoms with van der Waals surface area (Å²) in [5.74, 6) is -0.265. The molecule has 138 valence electrons. The predicted molar refractivity (Wildman–Crippen MR) is 94.9 cm³/mol. The molecule has 0 radical (unpaired) electrons. The van der Waals surface area contributed by atoms with Crippen LogP contribution in [0.5, 0.6) is 5.75 Å². The Balaban J connectivity index is 1.51. The molecule has 2 heterocycles. The first-order valence-electron chi connectivity index (χ1n) is 8.39. The first kappa shape index (κ1) is 17.2. The molecule has 4 rings (SSSR count). The third-order valence-electron chi connectivity index (χ3n) is 4.42. The average molecular weight is 368 g/mol. The molecule has 1 aliphatic rings. The lowest BCUT2D eigenvalue weighted by Gasteiger charge is -2.24. The van der Waals surface area contributed by atoms with Crippen LogP contribution in [0.2, 0.25) is 0 Å². The zero-order valence-corrected chi connectivity index (χ0v) is 14.6. The summed E-state index contributed by atoms with van der Waals surface area (Å²) in [6.45, 7) is 0.616. The van der Waals surface area contributed by atoms with Gasteiger partial charge in [-0.25, -0.2) is 9.07 Å². The normalized spacial score (nSPS) is 15.9. The summed E-state index contributed by atoms with van der Waals surface area (Å²) in [5.41, 5.74) is 1.77. The molecule has 27 heavy (non-hydrogen) atoms. The second-order valence-electron chi connectivity index (χ2n) is 6.07. The fraction of sp³-hybridized carbons (Fsp3) is 0.211. The van der Waals surface area contributed by atoms with Crippen molar-refractivity contribution in [3.8, 4) is 5.75 Å². The van der Waals surface area contributed by atoms with E-state index in [9.17, 15) is 9.18 Å². The molecule has 0 bridgehead atoms. The van der Waals surface area contributed by atoms with Crippen molar-refractivity contribution in [3.05, 3.63) is 71.3 Å². The minimum absolute atomic E-state index is 0.0945. The first-order chi connectivity index (χ1) is 13.2. The van der Waals surface area contributed by atoms with E-state index in [1.54, 1.807) is 23.9 Å². The summed E-state index contributed by atoms with van der Waals surface area (Å²) in [6, 6.07) is 13.5. The van der Waals surface area contributed by atoms with E-state index < -0.39 is 11.7 Å². The van der Waals surface area contributed by atoms with Crippen molar-refractivity contribution in [2.45, 2.75) is 19.3 Å². The Morgan fingerprint density at radius 2 is 2.04 bits per heavy atom. The Hall–Kier alpha value is -3.26. The van der Waals surface area contributed by atoms with Gasteiger partial charge in [0, 0.05) is 0 Å². The van der Waals surface area contributed by atoms with E-state index in [0.29, 0.717) is 12.2 Å². The molecule has 1 N–H and O–H groups in total. The molecule has 0 saturated carbocycles. The van der Waals surface area contributed by atoms with Crippen LogP contribution in [0.3, 0.4) is 0 Å². The number of hydrogen-bond donors (Lipinski definition) is 1. The Morgan fingerprint density at radius 1 is 1.26 bits per heavy atom. The van der Waals surface area contributed by atoms with E-state index in [1.807, 2.05) is 24.3 Å². The number of para-hydroxylation sites is 1. The molecule has 1 atom stereocenters. The van der Waals surface area contributed by atoms with Gasteiger partial charge in [-0.05, 0) is 29.8 Å². The van der Waals surface area contributed by atoms with Gasteiger partial charge in [-0.2, -0.15) is 0 Å². The van der Waals surface area contributed by atoms with Crippen molar-refractivity contribution in [1.82, 2.24) is 15.0 Å². The molecule has 0 aliphatic carbocycles. The molecular formula is C19H17FN4O3. The van der Waals surface area contributed by atoms with E-state index in [4.69, 9.17) is 9.47 Å². The standard InChI is InChI=1S/C19H17FN4O3/c1-26-13-8-6-12(7-9-13)17-10-24-16(11-27-17)18(22-23-24)19(25)21-15-5-3-2-4-14(15)20/h2-9,17H,10-11H2,1H3,(H,21,25)/t17-/m0/s1. The molecule has 0 saturated heterocycles. The van der Waals surface area contributed by atoms with Crippen molar-refractivity contribution >= 4 is 11.6 Å². The fourth-order valence-corrected chi connectivity index (χ4v) is 2.95. The highest BCUT2D eigenvalue weighted by Gasteiger charge is 2.28. The second-order valence-corrected chi connectivity index (χ2v) is 6.07. The lowest BCUT2D eigenvalue weighted by molar-refractivity contribution is -0.00173. The van der Waals surface area contributed by atoms with Crippen LogP contribution in [0.25, 0.3) is 0 Å². The van der Waals surface area contributed by atoms with Gasteiger partial charge >= 0.3 is 0 Å². The molecular weight excluding hydrogens is 351 g/mol. The highest BCUT2D eigenvalue weighted by molar-refractivity contribution is 6.03. The van der Waals surface area contributed by atoms with Gasteiger partial charge in [0.25, 0.3) is 5.91 Å². The monoisotopic (exact) mass is 368 g/mol. The van der Waals surface area contributed by atoms with Crippen LogP contribution in [0.15, 0.2) is 48.5 Å². The molecule has 3 aromatic rings. The van der Waals surface area contributed by atoms with Crippen LogP contribution < -0.4 is 10.1 Å². The van der Waals surface area contributed by atoms with Gasteiger partial charge < -0.3 is 14.8 Å². The summed E-state index contributed by atoms with van der Waals surface area (Å²) < 4.78 is 26.4. The number of benzene rings is 2. The maximum Gasteiger partial charge on any atom is 0.278 e. The van der Waals surface area contributed by atoms with E-state index in [2.05, 4.69) is 15.6 Å². The molecule has 1 aliphatic heterocycles. The number of nitrogens with one attached hydrogen (secondary N) is 1. The smallest absolute Gasteiger partial charge is 0.278 e. The van der Waals surface area contributed by atoms with Gasteiger partial charge in [-0.3, -0.25) is 4.79 Å². The number of methoxy groups -OCH3 is 1. The largest absolute Gasteiger partial charge is 0.497 e. The van der Waals surface area contributed by atoms with Crippen LogP contribution >= 0.6 is 0 Å². The molecule has 0 unspecified atom stereocenters. The number of fused-ring (bicyclic) bond motifs is 1. The summed E-state index contributed by atoms with van der Waals surface area (Å²) in [6.07, 6.45) is -0.201. The number of hydrogen-bond acceptors (Lipinski definition) is 5. The zero-order valence-electron chi connectivity index (χ0n) is 14.6. The maximum absolute atomic E-state index is 13.7. The van der Waals surface area contributed by atoms with E-state index in [-0.39, 0.29) is 24.1 Å². The lowest BCUT2D eigenvalue weighted by atomic mass is 10.1. The maximum atomic E-state index is 13.7. The highest BCUT2D eigenvalue weighted by atomic mass is 19.1. The first-order valence-corrected chi connectivity index (χ1v) is 8.39. The number of ether oxygens (including phenoxy) is 2. The van der Waals surface area contributed by atoms with Gasteiger partial charge in [0.05, 0.1) is 31.6 Å². The van der Waals surface area contributed by atoms with Gasteiger partial charge in [0.1, 0.15) is 17.7 Å². The number of aromatic nitrogens is 3. The van der Waals surface area contributed by atoms with Crippen LogP contribution in [0.1, 0.15) is 27.8 Å². The highest BCUT2D eigenvalue weighted by Crippen LogP contribution is 2.28. The SMILES string of the molecule is COc1ccc([C@@H]2Cn3nnc(C(=O)Nc4ccccc4F)c3CO2)cc1. The van der Waals surface area contributed by atoms with Crippen LogP contribution in [-0.2, 0) is 17.9 Å². The van der Waals surface area contributed by atoms with E-state index >= 15 is 0 Å². The Bertz CT molecular complexity index is 971. The number of amides is 1. The Kier molecular flexibility index (Phi) is 4.55. The molecule has 7 nitrogen and oxygen atoms in total. The molecule has 8 heteroatoms. The third kappa shape index (κ3) is 3.39. The lowest BCUT2D eigenvalue weighted by Crippen LogP contribution is -2.24. The molecule has 2 aromatic carbocycles. The topological polar surface area (TPSA) is 78.3 Å². The minimum atomic E-state index is -0.521. The van der Waals surface area contributed by atoms with Crippen molar-refractivity contribution in [2.75, 3.05) is 12.4 Å². The Morgan fingerprint density at radius 3 is 2.78 bits per heavy atom. The molecule has 0 fully saturated rings. The van der Waals surface area contributed by atoms with Crippen LogP contribution in [-0.4, -0.2) is 28.0 Å². The average Bonchev–Trinajstić information content (AvgIpc) is 3.13. The number of carbonyl (C=O) groups is 1. The quantitative estimate of drug-likeness (QED) is 0.766. The fourth-order valence-electron chi connectivity index (χ4n) is 2.95. The zero-order chi connectivity index (χ0) is 18.8. The number of halogens is 1. The number of carbonyl (C=O) groups excluding carboxylic acids is 1. The number of rotatable bonds is 4. The predicted octanol–water partition coefficient (Wildman–Crippen LogP) is 2.95. The summed E-state index contributed by atoms with van der Waals surface area (Å²) in [5, 5.41) is 10.5. The minimum Gasteiger partial charge on any atom is -0.497 e. The summed E-state index contributed by atoms with van der Waals surface area (Å²) in [7, 11) is 1.61. The number of nitrogens with zero attached hydrogens (tertiary/aromatic N) is 3. The van der Waals surface area contributed by atoms with Crippen molar-refractivity contribution in [2.24, 2.45) is 0 Å². The van der Waals surface area contributed by atoms with Crippen molar-refractivity contribution < 1.29 is 18.7 Å². The Labute approximate surface area is 154 Å². The van der Waals surface area contributed by atoms with E-state index in [0.717, 1.165) is 11.3 Å². The van der Waals surface area contributed by atoms with Gasteiger partial charge in [0.2, 0.25) is 0 Å². The van der Waals surface area contributed by atoms with Crippen molar-refractivity contribution in [1.29, 1.82) is 0 Å².